The van der Waals surface area contributed by atoms with Crippen LogP contribution in [-0.2, 0) is 6.42 Å². The molecule has 2 heteroatoms. The van der Waals surface area contributed by atoms with Crippen molar-refractivity contribution >= 4 is 0 Å². The van der Waals surface area contributed by atoms with Crippen molar-refractivity contribution in [3.05, 3.63) is 59.9 Å². The molecule has 27 heavy (non-hydrogen) atoms. The predicted octanol–water partition coefficient (Wildman–Crippen LogP) is 7.72. The summed E-state index contributed by atoms with van der Waals surface area (Å²) in [5.41, 5.74) is 4.56. The van der Waals surface area contributed by atoms with Crippen molar-refractivity contribution in [2.24, 2.45) is 0 Å². The second-order valence-corrected chi connectivity index (χ2v) is 6.85. The average Bonchev–Trinajstić information content (AvgIpc) is 2.71. The molecule has 0 radical (unpaired) electrons. The molecule has 2 rings (SSSR count). The second kappa shape index (κ2) is 15.1. The van der Waals surface area contributed by atoms with Crippen molar-refractivity contribution in [3.63, 3.8) is 0 Å². The average molecular weight is 367 g/mol. The van der Waals surface area contributed by atoms with Crippen LogP contribution in [0.15, 0.2) is 48.8 Å². The Hall–Kier alpha value is -1.96. The second-order valence-electron chi connectivity index (χ2n) is 6.85. The first kappa shape index (κ1) is 23.1. The number of aromatic nitrogens is 2. The number of aryl methyl sites for hydroxylation is 2. The van der Waals surface area contributed by atoms with Crippen LogP contribution >= 0.6 is 0 Å². The van der Waals surface area contributed by atoms with Gasteiger partial charge in [-0.3, -0.25) is 9.97 Å². The fourth-order valence-electron chi connectivity index (χ4n) is 3.09. The van der Waals surface area contributed by atoms with Gasteiger partial charge in [-0.1, -0.05) is 58.1 Å². The van der Waals surface area contributed by atoms with Crippen molar-refractivity contribution in [2.75, 3.05) is 0 Å². The SMILES string of the molecule is C/C=C/CCCCCCCCCc1ccnc(-c2cc(C)ccn2)c1.CC. The lowest BCUT2D eigenvalue weighted by Crippen LogP contribution is -1.92. The summed E-state index contributed by atoms with van der Waals surface area (Å²) < 4.78 is 0. The van der Waals surface area contributed by atoms with Gasteiger partial charge in [0.2, 0.25) is 0 Å². The summed E-state index contributed by atoms with van der Waals surface area (Å²) in [6.45, 7) is 8.19. The van der Waals surface area contributed by atoms with Gasteiger partial charge in [0.15, 0.2) is 0 Å². The molecule has 148 valence electrons. The number of nitrogens with zero attached hydrogens (tertiary/aromatic N) is 2. The fourth-order valence-corrected chi connectivity index (χ4v) is 3.09. The highest BCUT2D eigenvalue weighted by atomic mass is 14.8. The van der Waals surface area contributed by atoms with E-state index in [1.165, 1.54) is 62.5 Å². The summed E-state index contributed by atoms with van der Waals surface area (Å²) in [4.78, 5) is 8.92. The standard InChI is InChI=1S/C23H32N2.C2H6/c1-3-4-5-6-7-8-9-10-11-12-13-21-15-17-25-23(19-21)22-18-20(2)14-16-24-22;1-2/h3-4,14-19H,5-13H2,1-2H3;1-2H3/b4-3+;. The maximum atomic E-state index is 4.48. The van der Waals surface area contributed by atoms with Gasteiger partial charge in [0, 0.05) is 12.4 Å². The Kier molecular flexibility index (Phi) is 12.9. The van der Waals surface area contributed by atoms with E-state index in [0.717, 1.165) is 17.8 Å². The topological polar surface area (TPSA) is 25.8 Å². The van der Waals surface area contributed by atoms with Crippen molar-refractivity contribution < 1.29 is 0 Å². The normalized spacial score (nSPS) is 10.7. The van der Waals surface area contributed by atoms with Crippen LogP contribution in [0.1, 0.15) is 83.3 Å². The van der Waals surface area contributed by atoms with Crippen molar-refractivity contribution in [1.82, 2.24) is 9.97 Å². The number of allylic oxidation sites excluding steroid dienone is 2. The molecule has 0 spiro atoms. The largest absolute Gasteiger partial charge is 0.255 e. The molecule has 0 N–H and O–H groups in total. The van der Waals surface area contributed by atoms with Crippen LogP contribution in [0.25, 0.3) is 11.4 Å². The van der Waals surface area contributed by atoms with Crippen LogP contribution in [0.5, 0.6) is 0 Å². The smallest absolute Gasteiger partial charge is 0.0888 e. The minimum Gasteiger partial charge on any atom is -0.255 e. The fraction of sp³-hybridized carbons (Fsp3) is 0.520. The van der Waals surface area contributed by atoms with Gasteiger partial charge in [-0.25, -0.2) is 0 Å². The van der Waals surface area contributed by atoms with Crippen molar-refractivity contribution in [2.45, 2.75) is 85.5 Å². The van der Waals surface area contributed by atoms with Gasteiger partial charge in [0.05, 0.1) is 11.4 Å². The van der Waals surface area contributed by atoms with Crippen LogP contribution in [-0.4, -0.2) is 9.97 Å². The first-order valence-corrected chi connectivity index (χ1v) is 10.8. The molecule has 0 bridgehead atoms. The molecule has 2 heterocycles. The van der Waals surface area contributed by atoms with Crippen molar-refractivity contribution in [1.29, 1.82) is 0 Å². The van der Waals surface area contributed by atoms with Gasteiger partial charge in [-0.15, -0.1) is 0 Å². The van der Waals surface area contributed by atoms with E-state index in [0.29, 0.717) is 0 Å². The van der Waals surface area contributed by atoms with Crippen LogP contribution in [0.4, 0.5) is 0 Å². The number of hydrogen-bond acceptors (Lipinski definition) is 2. The lowest BCUT2D eigenvalue weighted by atomic mass is 10.0. The zero-order valence-electron chi connectivity index (χ0n) is 17.9. The zero-order valence-corrected chi connectivity index (χ0v) is 17.9. The van der Waals surface area contributed by atoms with Gasteiger partial charge >= 0.3 is 0 Å². The Labute approximate surface area is 167 Å². The first-order chi connectivity index (χ1) is 13.3. The van der Waals surface area contributed by atoms with E-state index in [1.807, 2.05) is 32.3 Å². The van der Waals surface area contributed by atoms with Gasteiger partial charge in [0.1, 0.15) is 0 Å². The molecule has 2 aromatic rings. The molecule has 0 amide bonds. The molecule has 0 aliphatic rings. The monoisotopic (exact) mass is 366 g/mol. The molecule has 0 saturated heterocycles. The van der Waals surface area contributed by atoms with E-state index in [-0.39, 0.29) is 0 Å². The predicted molar refractivity (Wildman–Crippen MR) is 119 cm³/mol. The lowest BCUT2D eigenvalue weighted by molar-refractivity contribution is 0.581. The summed E-state index contributed by atoms with van der Waals surface area (Å²) in [5, 5.41) is 0. The molecule has 0 aliphatic carbocycles. The summed E-state index contributed by atoms with van der Waals surface area (Å²) in [6.07, 6.45) is 20.0. The van der Waals surface area contributed by atoms with E-state index in [1.54, 1.807) is 0 Å². The van der Waals surface area contributed by atoms with Crippen LogP contribution in [0, 0.1) is 6.92 Å². The molecule has 2 aromatic heterocycles. The molecule has 0 aromatic carbocycles. The quantitative estimate of drug-likeness (QED) is 0.300. The van der Waals surface area contributed by atoms with E-state index >= 15 is 0 Å². The third kappa shape index (κ3) is 10.1. The maximum absolute atomic E-state index is 4.48. The summed E-state index contributed by atoms with van der Waals surface area (Å²) >= 11 is 0. The van der Waals surface area contributed by atoms with Gasteiger partial charge < -0.3 is 0 Å². The Morgan fingerprint density at radius 2 is 1.37 bits per heavy atom. The van der Waals surface area contributed by atoms with Gasteiger partial charge in [-0.2, -0.15) is 0 Å². The van der Waals surface area contributed by atoms with E-state index < -0.39 is 0 Å². The Bertz CT molecular complexity index is 646. The Morgan fingerprint density at radius 3 is 2.04 bits per heavy atom. The van der Waals surface area contributed by atoms with Crippen LogP contribution in [0.2, 0.25) is 0 Å². The Balaban J connectivity index is 0.00000176. The van der Waals surface area contributed by atoms with Gasteiger partial charge in [0.25, 0.3) is 0 Å². The summed E-state index contributed by atoms with van der Waals surface area (Å²) in [5.74, 6) is 0. The summed E-state index contributed by atoms with van der Waals surface area (Å²) in [7, 11) is 0. The molecular weight excluding hydrogens is 328 g/mol. The lowest BCUT2D eigenvalue weighted by Gasteiger charge is -2.05. The van der Waals surface area contributed by atoms with Crippen LogP contribution < -0.4 is 0 Å². The third-order valence-electron chi connectivity index (χ3n) is 4.57. The summed E-state index contributed by atoms with van der Waals surface area (Å²) in [6, 6.07) is 8.46. The molecule has 2 nitrogen and oxygen atoms in total. The number of unbranched alkanes of at least 4 members (excludes halogenated alkanes) is 7. The van der Waals surface area contributed by atoms with Gasteiger partial charge in [-0.05, 0) is 74.9 Å². The number of hydrogen-bond donors (Lipinski definition) is 0. The highest BCUT2D eigenvalue weighted by molar-refractivity contribution is 5.55. The molecule has 0 saturated carbocycles. The van der Waals surface area contributed by atoms with E-state index in [2.05, 4.69) is 54.2 Å². The molecule has 0 fully saturated rings. The maximum Gasteiger partial charge on any atom is 0.0888 e. The van der Waals surface area contributed by atoms with E-state index in [9.17, 15) is 0 Å². The highest BCUT2D eigenvalue weighted by Crippen LogP contribution is 2.18. The molecule has 0 aliphatic heterocycles. The highest BCUT2D eigenvalue weighted by Gasteiger charge is 2.03. The zero-order chi connectivity index (χ0) is 19.7. The van der Waals surface area contributed by atoms with Crippen LogP contribution in [0.3, 0.4) is 0 Å². The Morgan fingerprint density at radius 1 is 0.778 bits per heavy atom. The number of rotatable bonds is 11. The first-order valence-electron chi connectivity index (χ1n) is 10.8. The molecule has 0 atom stereocenters. The minimum atomic E-state index is 0.972. The molecule has 0 unspecified atom stereocenters. The third-order valence-corrected chi connectivity index (χ3v) is 4.57. The van der Waals surface area contributed by atoms with Crippen molar-refractivity contribution in [3.8, 4) is 11.4 Å². The molecular formula is C25H38N2. The number of pyridine rings is 2. The minimum absolute atomic E-state index is 0.972. The van der Waals surface area contributed by atoms with E-state index in [4.69, 9.17) is 0 Å².